The van der Waals surface area contributed by atoms with Crippen LogP contribution in [0.15, 0.2) is 54.6 Å². The van der Waals surface area contributed by atoms with Gasteiger partial charge in [-0.3, -0.25) is 0 Å². The molecule has 0 amide bonds. The largest absolute Gasteiger partial charge is 0.392 e. The standard InChI is InChI=1S/C17H18O/c1-13(11-12-18)15-7-9-16(10-8-15)17-6-4-3-5-14(17)2/h3-11,18H,12H2,1-2H3/b13-11+. The van der Waals surface area contributed by atoms with Crippen LogP contribution in [0.3, 0.4) is 0 Å². The molecular weight excluding hydrogens is 220 g/mol. The van der Waals surface area contributed by atoms with E-state index >= 15 is 0 Å². The van der Waals surface area contributed by atoms with E-state index in [2.05, 4.69) is 55.5 Å². The average Bonchev–Trinajstić information content (AvgIpc) is 2.40. The van der Waals surface area contributed by atoms with Gasteiger partial charge in [0, 0.05) is 0 Å². The summed E-state index contributed by atoms with van der Waals surface area (Å²) in [5, 5.41) is 8.89. The molecule has 1 nitrogen and oxygen atoms in total. The van der Waals surface area contributed by atoms with Crippen molar-refractivity contribution in [2.45, 2.75) is 13.8 Å². The number of allylic oxidation sites excluding steroid dienone is 1. The van der Waals surface area contributed by atoms with Gasteiger partial charge in [0.15, 0.2) is 0 Å². The van der Waals surface area contributed by atoms with Crippen molar-refractivity contribution < 1.29 is 5.11 Å². The van der Waals surface area contributed by atoms with Crippen molar-refractivity contribution in [3.05, 3.63) is 65.7 Å². The summed E-state index contributed by atoms with van der Waals surface area (Å²) >= 11 is 0. The van der Waals surface area contributed by atoms with Crippen molar-refractivity contribution in [3.63, 3.8) is 0 Å². The summed E-state index contributed by atoms with van der Waals surface area (Å²) in [5.41, 5.74) is 6.05. The van der Waals surface area contributed by atoms with Gasteiger partial charge in [-0.25, -0.2) is 0 Å². The Bertz CT molecular complexity index is 550. The van der Waals surface area contributed by atoms with E-state index in [0.29, 0.717) is 0 Å². The summed E-state index contributed by atoms with van der Waals surface area (Å²) in [7, 11) is 0. The molecule has 0 spiro atoms. The summed E-state index contributed by atoms with van der Waals surface area (Å²) in [6, 6.07) is 16.8. The number of rotatable bonds is 3. The normalized spacial score (nSPS) is 11.6. The fourth-order valence-electron chi connectivity index (χ4n) is 2.06. The molecule has 0 atom stereocenters. The number of benzene rings is 2. The molecule has 2 aromatic rings. The third-order valence-corrected chi connectivity index (χ3v) is 3.19. The van der Waals surface area contributed by atoms with Crippen LogP contribution in [0.2, 0.25) is 0 Å². The molecule has 92 valence electrons. The molecule has 1 N–H and O–H groups in total. The van der Waals surface area contributed by atoms with E-state index in [1.54, 1.807) is 0 Å². The first kappa shape index (κ1) is 12.6. The van der Waals surface area contributed by atoms with Gasteiger partial charge in [-0.05, 0) is 41.7 Å². The fraction of sp³-hybridized carbons (Fsp3) is 0.176. The Kier molecular flexibility index (Phi) is 3.96. The molecule has 0 heterocycles. The monoisotopic (exact) mass is 238 g/mol. The lowest BCUT2D eigenvalue weighted by Crippen LogP contribution is -1.85. The van der Waals surface area contributed by atoms with E-state index < -0.39 is 0 Å². The lowest BCUT2D eigenvalue weighted by molar-refractivity contribution is 0.343. The van der Waals surface area contributed by atoms with Gasteiger partial charge in [0.05, 0.1) is 6.61 Å². The summed E-state index contributed by atoms with van der Waals surface area (Å²) in [6.45, 7) is 4.23. The number of aliphatic hydroxyl groups is 1. The Balaban J connectivity index is 2.34. The molecular formula is C17H18O. The average molecular weight is 238 g/mol. The Hall–Kier alpha value is -1.86. The summed E-state index contributed by atoms with van der Waals surface area (Å²) in [4.78, 5) is 0. The highest BCUT2D eigenvalue weighted by molar-refractivity contribution is 5.71. The highest BCUT2D eigenvalue weighted by atomic mass is 16.2. The molecule has 2 aromatic carbocycles. The minimum absolute atomic E-state index is 0.0887. The zero-order chi connectivity index (χ0) is 13.0. The molecule has 0 bridgehead atoms. The number of aryl methyl sites for hydroxylation is 1. The molecule has 2 rings (SSSR count). The second kappa shape index (κ2) is 5.65. The quantitative estimate of drug-likeness (QED) is 0.855. The molecule has 18 heavy (non-hydrogen) atoms. The Morgan fingerprint density at radius 2 is 1.72 bits per heavy atom. The van der Waals surface area contributed by atoms with Crippen LogP contribution in [-0.2, 0) is 0 Å². The van der Waals surface area contributed by atoms with Crippen molar-refractivity contribution in [3.8, 4) is 11.1 Å². The van der Waals surface area contributed by atoms with Gasteiger partial charge in [-0.2, -0.15) is 0 Å². The van der Waals surface area contributed by atoms with E-state index in [1.165, 1.54) is 16.7 Å². The van der Waals surface area contributed by atoms with Crippen LogP contribution in [0.4, 0.5) is 0 Å². The Labute approximate surface area is 108 Å². The van der Waals surface area contributed by atoms with Gasteiger partial charge < -0.3 is 5.11 Å². The minimum Gasteiger partial charge on any atom is -0.392 e. The lowest BCUT2D eigenvalue weighted by Gasteiger charge is -2.07. The van der Waals surface area contributed by atoms with Crippen LogP contribution in [0, 0.1) is 6.92 Å². The Morgan fingerprint density at radius 1 is 1.06 bits per heavy atom. The van der Waals surface area contributed by atoms with Crippen LogP contribution >= 0.6 is 0 Å². The topological polar surface area (TPSA) is 20.2 Å². The maximum Gasteiger partial charge on any atom is 0.0618 e. The van der Waals surface area contributed by atoms with Crippen molar-refractivity contribution >= 4 is 5.57 Å². The molecule has 0 saturated carbocycles. The van der Waals surface area contributed by atoms with Crippen LogP contribution in [0.25, 0.3) is 16.7 Å². The molecule has 0 aliphatic carbocycles. The maximum absolute atomic E-state index is 8.89. The van der Waals surface area contributed by atoms with E-state index in [9.17, 15) is 0 Å². The number of hydrogen-bond acceptors (Lipinski definition) is 1. The van der Waals surface area contributed by atoms with Crippen molar-refractivity contribution in [2.24, 2.45) is 0 Å². The summed E-state index contributed by atoms with van der Waals surface area (Å²) < 4.78 is 0. The van der Waals surface area contributed by atoms with Crippen molar-refractivity contribution in [2.75, 3.05) is 6.61 Å². The summed E-state index contributed by atoms with van der Waals surface area (Å²) in [6.07, 6.45) is 1.82. The van der Waals surface area contributed by atoms with Crippen LogP contribution in [0.1, 0.15) is 18.1 Å². The maximum atomic E-state index is 8.89. The second-order valence-electron chi connectivity index (χ2n) is 4.46. The molecule has 1 heteroatoms. The van der Waals surface area contributed by atoms with Crippen molar-refractivity contribution in [1.29, 1.82) is 0 Å². The fourth-order valence-corrected chi connectivity index (χ4v) is 2.06. The first-order valence-electron chi connectivity index (χ1n) is 6.16. The molecule has 0 radical (unpaired) electrons. The third-order valence-electron chi connectivity index (χ3n) is 3.19. The SMILES string of the molecule is C/C(=C\CO)c1ccc(-c2ccccc2C)cc1. The van der Waals surface area contributed by atoms with Gasteiger partial charge in [0.2, 0.25) is 0 Å². The highest BCUT2D eigenvalue weighted by Gasteiger charge is 2.01. The van der Waals surface area contributed by atoms with E-state index in [1.807, 2.05) is 13.0 Å². The first-order valence-corrected chi connectivity index (χ1v) is 6.16. The zero-order valence-electron chi connectivity index (χ0n) is 10.9. The number of hydrogen-bond donors (Lipinski definition) is 1. The molecule has 0 saturated heterocycles. The molecule has 0 fully saturated rings. The highest BCUT2D eigenvalue weighted by Crippen LogP contribution is 2.24. The van der Waals surface area contributed by atoms with Crippen molar-refractivity contribution in [1.82, 2.24) is 0 Å². The predicted octanol–water partition coefficient (Wildman–Crippen LogP) is 4.06. The van der Waals surface area contributed by atoms with E-state index in [-0.39, 0.29) is 6.61 Å². The third kappa shape index (κ3) is 2.69. The van der Waals surface area contributed by atoms with Gasteiger partial charge in [-0.15, -0.1) is 0 Å². The second-order valence-corrected chi connectivity index (χ2v) is 4.46. The first-order chi connectivity index (χ1) is 8.72. The molecule has 0 aromatic heterocycles. The Morgan fingerprint density at radius 3 is 2.33 bits per heavy atom. The van der Waals surface area contributed by atoms with Gasteiger partial charge >= 0.3 is 0 Å². The minimum atomic E-state index is 0.0887. The van der Waals surface area contributed by atoms with Crippen LogP contribution < -0.4 is 0 Å². The predicted molar refractivity (Wildman–Crippen MR) is 77.4 cm³/mol. The van der Waals surface area contributed by atoms with Gasteiger partial charge in [0.25, 0.3) is 0 Å². The molecule has 0 aliphatic heterocycles. The van der Waals surface area contributed by atoms with Crippen LogP contribution in [0.5, 0.6) is 0 Å². The molecule has 0 aliphatic rings. The molecule has 0 unspecified atom stereocenters. The van der Waals surface area contributed by atoms with E-state index in [4.69, 9.17) is 5.11 Å². The lowest BCUT2D eigenvalue weighted by atomic mass is 9.98. The zero-order valence-corrected chi connectivity index (χ0v) is 10.9. The van der Waals surface area contributed by atoms with Gasteiger partial charge in [0.1, 0.15) is 0 Å². The van der Waals surface area contributed by atoms with E-state index in [0.717, 1.165) is 11.1 Å². The smallest absolute Gasteiger partial charge is 0.0618 e. The number of aliphatic hydroxyl groups excluding tert-OH is 1. The van der Waals surface area contributed by atoms with Crippen LogP contribution in [-0.4, -0.2) is 11.7 Å². The van der Waals surface area contributed by atoms with Gasteiger partial charge in [-0.1, -0.05) is 54.6 Å². The summed E-state index contributed by atoms with van der Waals surface area (Å²) in [5.74, 6) is 0.